The molecule has 27 heavy (non-hydrogen) atoms. The average Bonchev–Trinajstić information content (AvgIpc) is 2.63. The van der Waals surface area contributed by atoms with Crippen LogP contribution in [0.1, 0.15) is 46.0 Å². The van der Waals surface area contributed by atoms with Gasteiger partial charge in [-0.15, -0.1) is 0 Å². The number of likely N-dealkylation sites (tertiary alicyclic amines) is 1. The molecule has 2 aliphatic heterocycles. The molecule has 1 atom stereocenters. The van der Waals surface area contributed by atoms with Gasteiger partial charge in [-0.05, 0) is 76.1 Å². The van der Waals surface area contributed by atoms with Gasteiger partial charge in [0.05, 0.1) is 12.2 Å². The minimum atomic E-state index is -0.248. The number of piperidine rings is 1. The molecule has 0 saturated carbocycles. The number of carbonyl (C=O) groups excluding carboxylic acids is 1. The van der Waals surface area contributed by atoms with E-state index in [0.29, 0.717) is 18.3 Å². The van der Waals surface area contributed by atoms with Crippen molar-refractivity contribution < 1.29 is 18.7 Å². The fraction of sp³-hybridized carbons (Fsp3) is 0.667. The lowest BCUT2D eigenvalue weighted by atomic mass is 9.78. The Hall–Kier alpha value is -1.82. The van der Waals surface area contributed by atoms with Crippen molar-refractivity contribution >= 4 is 6.03 Å². The molecule has 1 N–H and O–H groups in total. The summed E-state index contributed by atoms with van der Waals surface area (Å²) in [6.07, 6.45) is 4.84. The minimum absolute atomic E-state index is 0.0277. The monoisotopic (exact) mass is 378 g/mol. The highest BCUT2D eigenvalue weighted by Gasteiger charge is 2.41. The summed E-state index contributed by atoms with van der Waals surface area (Å²) in [5.41, 5.74) is -0.0899. The van der Waals surface area contributed by atoms with Gasteiger partial charge in [-0.25, -0.2) is 9.18 Å². The fourth-order valence-electron chi connectivity index (χ4n) is 4.05. The summed E-state index contributed by atoms with van der Waals surface area (Å²) in [5.74, 6) is 1.03. The zero-order chi connectivity index (χ0) is 19.3. The van der Waals surface area contributed by atoms with E-state index in [0.717, 1.165) is 51.8 Å². The zero-order valence-electron chi connectivity index (χ0n) is 16.4. The summed E-state index contributed by atoms with van der Waals surface area (Å²) >= 11 is 0. The molecule has 2 aliphatic rings. The third-order valence-electron chi connectivity index (χ3n) is 5.58. The molecule has 1 unspecified atom stereocenters. The van der Waals surface area contributed by atoms with Crippen LogP contribution in [0.3, 0.4) is 0 Å². The molecule has 0 aromatic heterocycles. The molecule has 5 nitrogen and oxygen atoms in total. The molecule has 3 rings (SSSR count). The summed E-state index contributed by atoms with van der Waals surface area (Å²) < 4.78 is 24.9. The van der Waals surface area contributed by atoms with Gasteiger partial charge in [0, 0.05) is 25.7 Å². The maximum absolute atomic E-state index is 12.9. The number of halogens is 1. The molecule has 0 aliphatic carbocycles. The van der Waals surface area contributed by atoms with E-state index in [1.807, 2.05) is 18.7 Å². The molecule has 0 radical (unpaired) electrons. The predicted molar refractivity (Wildman–Crippen MR) is 102 cm³/mol. The number of ether oxygens (including phenoxy) is 2. The van der Waals surface area contributed by atoms with Gasteiger partial charge in [0.25, 0.3) is 0 Å². The Morgan fingerprint density at radius 3 is 2.70 bits per heavy atom. The van der Waals surface area contributed by atoms with Crippen molar-refractivity contribution in [3.8, 4) is 5.75 Å². The Kier molecular flexibility index (Phi) is 6.58. The van der Waals surface area contributed by atoms with Crippen LogP contribution in [0.2, 0.25) is 0 Å². The number of benzene rings is 1. The number of nitrogens with one attached hydrogen (secondary N) is 1. The van der Waals surface area contributed by atoms with Crippen LogP contribution in [0.15, 0.2) is 24.3 Å². The molecule has 2 fully saturated rings. The summed E-state index contributed by atoms with van der Waals surface area (Å²) in [7, 11) is 0. The SMILES string of the molecule is CC(C)NC(=O)N1CCC2(CC1)CC(CCOc1ccc(F)cc1)CCO2. The van der Waals surface area contributed by atoms with Crippen LogP contribution in [0.5, 0.6) is 5.75 Å². The minimum Gasteiger partial charge on any atom is -0.494 e. The summed E-state index contributed by atoms with van der Waals surface area (Å²) in [6, 6.07) is 6.35. The van der Waals surface area contributed by atoms with E-state index < -0.39 is 0 Å². The zero-order valence-corrected chi connectivity index (χ0v) is 16.4. The van der Waals surface area contributed by atoms with Crippen LogP contribution in [0, 0.1) is 11.7 Å². The summed E-state index contributed by atoms with van der Waals surface area (Å²) in [5, 5.41) is 2.97. The standard InChI is InChI=1S/C21H31FN2O3/c1-16(2)23-20(25)24-11-9-21(10-12-24)15-17(8-14-27-21)7-13-26-19-5-3-18(22)4-6-19/h3-6,16-17H,7-15H2,1-2H3,(H,23,25). The molecular weight excluding hydrogens is 347 g/mol. The largest absolute Gasteiger partial charge is 0.494 e. The average molecular weight is 378 g/mol. The number of carbonyl (C=O) groups is 1. The van der Waals surface area contributed by atoms with Gasteiger partial charge in [-0.3, -0.25) is 0 Å². The second-order valence-electron chi connectivity index (χ2n) is 8.07. The molecule has 2 saturated heterocycles. The van der Waals surface area contributed by atoms with Crippen LogP contribution in [0.25, 0.3) is 0 Å². The molecule has 2 heterocycles. The van der Waals surface area contributed by atoms with Crippen molar-refractivity contribution in [1.29, 1.82) is 0 Å². The number of rotatable bonds is 5. The topological polar surface area (TPSA) is 50.8 Å². The lowest BCUT2D eigenvalue weighted by molar-refractivity contribution is -0.124. The number of amides is 2. The van der Waals surface area contributed by atoms with Crippen LogP contribution in [0.4, 0.5) is 9.18 Å². The number of hydrogen-bond donors (Lipinski definition) is 1. The lowest BCUT2D eigenvalue weighted by Crippen LogP contribution is -2.53. The number of nitrogens with zero attached hydrogens (tertiary/aromatic N) is 1. The molecule has 2 amide bonds. The van der Waals surface area contributed by atoms with Crippen LogP contribution < -0.4 is 10.1 Å². The first-order chi connectivity index (χ1) is 13.0. The quantitative estimate of drug-likeness (QED) is 0.843. The maximum Gasteiger partial charge on any atom is 0.317 e. The lowest BCUT2D eigenvalue weighted by Gasteiger charge is -2.46. The molecular formula is C21H31FN2O3. The predicted octanol–water partition coefficient (Wildman–Crippen LogP) is 3.97. The Morgan fingerprint density at radius 1 is 1.33 bits per heavy atom. The van der Waals surface area contributed by atoms with Crippen LogP contribution >= 0.6 is 0 Å². The van der Waals surface area contributed by atoms with Crippen molar-refractivity contribution in [3.63, 3.8) is 0 Å². The molecule has 1 aromatic carbocycles. The first-order valence-corrected chi connectivity index (χ1v) is 10.0. The number of urea groups is 1. The van der Waals surface area contributed by atoms with Gasteiger partial charge in [0.2, 0.25) is 0 Å². The Labute approximate surface area is 161 Å². The normalized spacial score (nSPS) is 22.1. The van der Waals surface area contributed by atoms with Crippen molar-refractivity contribution in [2.45, 2.75) is 57.6 Å². The number of hydrogen-bond acceptors (Lipinski definition) is 3. The van der Waals surface area contributed by atoms with Gasteiger partial charge in [-0.2, -0.15) is 0 Å². The van der Waals surface area contributed by atoms with Gasteiger partial charge < -0.3 is 19.7 Å². The Morgan fingerprint density at radius 2 is 2.04 bits per heavy atom. The first-order valence-electron chi connectivity index (χ1n) is 10.0. The first kappa shape index (κ1) is 19.9. The summed E-state index contributed by atoms with van der Waals surface area (Å²) in [6.45, 7) is 6.86. The van der Waals surface area contributed by atoms with E-state index in [2.05, 4.69) is 5.32 Å². The highest BCUT2D eigenvalue weighted by molar-refractivity contribution is 5.74. The Balaban J connectivity index is 1.44. The van der Waals surface area contributed by atoms with Crippen molar-refractivity contribution in [2.75, 3.05) is 26.3 Å². The van der Waals surface area contributed by atoms with E-state index in [1.54, 1.807) is 12.1 Å². The molecule has 150 valence electrons. The molecule has 1 spiro atoms. The van der Waals surface area contributed by atoms with E-state index in [-0.39, 0.29) is 23.5 Å². The maximum atomic E-state index is 12.9. The Bertz CT molecular complexity index is 612. The molecule has 6 heteroatoms. The van der Waals surface area contributed by atoms with Gasteiger partial charge in [0.15, 0.2) is 0 Å². The van der Waals surface area contributed by atoms with Crippen LogP contribution in [-0.4, -0.2) is 48.9 Å². The third kappa shape index (κ3) is 5.58. The fourth-order valence-corrected chi connectivity index (χ4v) is 4.05. The molecule has 1 aromatic rings. The van der Waals surface area contributed by atoms with E-state index in [4.69, 9.17) is 9.47 Å². The van der Waals surface area contributed by atoms with Crippen molar-refractivity contribution in [3.05, 3.63) is 30.1 Å². The second-order valence-corrected chi connectivity index (χ2v) is 8.07. The van der Waals surface area contributed by atoms with Crippen LogP contribution in [-0.2, 0) is 4.74 Å². The highest BCUT2D eigenvalue weighted by atomic mass is 19.1. The van der Waals surface area contributed by atoms with E-state index >= 15 is 0 Å². The van der Waals surface area contributed by atoms with E-state index in [9.17, 15) is 9.18 Å². The molecule has 0 bridgehead atoms. The smallest absolute Gasteiger partial charge is 0.317 e. The van der Waals surface area contributed by atoms with Gasteiger partial charge >= 0.3 is 6.03 Å². The van der Waals surface area contributed by atoms with Crippen molar-refractivity contribution in [1.82, 2.24) is 10.2 Å². The highest BCUT2D eigenvalue weighted by Crippen LogP contribution is 2.38. The van der Waals surface area contributed by atoms with Gasteiger partial charge in [-0.1, -0.05) is 0 Å². The van der Waals surface area contributed by atoms with Gasteiger partial charge in [0.1, 0.15) is 11.6 Å². The third-order valence-corrected chi connectivity index (χ3v) is 5.58. The summed E-state index contributed by atoms with van der Waals surface area (Å²) in [4.78, 5) is 14.1. The van der Waals surface area contributed by atoms with E-state index in [1.165, 1.54) is 12.1 Å². The second kappa shape index (κ2) is 8.91. The van der Waals surface area contributed by atoms with Crippen molar-refractivity contribution in [2.24, 2.45) is 5.92 Å².